The van der Waals surface area contributed by atoms with E-state index >= 15 is 0 Å². The van der Waals surface area contributed by atoms with Gasteiger partial charge in [0.2, 0.25) is 5.90 Å². The number of aryl methyl sites for hydroxylation is 1. The van der Waals surface area contributed by atoms with Crippen molar-refractivity contribution in [2.24, 2.45) is 4.99 Å². The van der Waals surface area contributed by atoms with Crippen molar-refractivity contribution in [1.29, 1.82) is 0 Å². The van der Waals surface area contributed by atoms with Gasteiger partial charge in [0.25, 0.3) is 0 Å². The van der Waals surface area contributed by atoms with E-state index in [2.05, 4.69) is 31.2 Å². The van der Waals surface area contributed by atoms with Crippen LogP contribution in [0.25, 0.3) is 0 Å². The lowest BCUT2D eigenvalue weighted by atomic mass is 10.2. The second-order valence-corrected chi connectivity index (χ2v) is 8.04. The maximum Gasteiger partial charge on any atom is 0.233 e. The molecule has 1 atom stereocenters. The third-order valence-electron chi connectivity index (χ3n) is 4.76. The van der Waals surface area contributed by atoms with Crippen molar-refractivity contribution in [2.45, 2.75) is 25.3 Å². The van der Waals surface area contributed by atoms with Crippen molar-refractivity contribution in [3.05, 3.63) is 95.1 Å². The molecule has 0 saturated carbocycles. The molecule has 0 radical (unpaired) electrons. The minimum Gasteiger partial charge on any atom is -0.474 e. The van der Waals surface area contributed by atoms with E-state index in [9.17, 15) is 4.39 Å². The molecule has 1 aliphatic heterocycles. The van der Waals surface area contributed by atoms with E-state index < -0.39 is 0 Å². The normalized spacial score (nSPS) is 16.1. The average Bonchev–Trinajstić information content (AvgIpc) is 3.34. The molecule has 0 spiro atoms. The summed E-state index contributed by atoms with van der Waals surface area (Å²) in [5.41, 5.74) is 4.17. The third kappa shape index (κ3) is 4.47. The first-order valence-electron chi connectivity index (χ1n) is 9.42. The van der Waals surface area contributed by atoms with Crippen LogP contribution in [0.1, 0.15) is 22.4 Å². The average molecular weight is 395 g/mol. The molecular weight excluding hydrogens is 371 g/mol. The Labute approximate surface area is 169 Å². The number of benzene rings is 2. The van der Waals surface area contributed by atoms with Crippen LogP contribution < -0.4 is 0 Å². The fourth-order valence-electron chi connectivity index (χ4n) is 3.19. The van der Waals surface area contributed by atoms with Gasteiger partial charge in [-0.2, -0.15) is 11.8 Å². The van der Waals surface area contributed by atoms with Crippen molar-refractivity contribution >= 4 is 17.7 Å². The monoisotopic (exact) mass is 394 g/mol. The summed E-state index contributed by atoms with van der Waals surface area (Å²) in [6.45, 7) is 3.16. The molecule has 0 bridgehead atoms. The van der Waals surface area contributed by atoms with Crippen molar-refractivity contribution in [2.75, 3.05) is 12.4 Å². The lowest BCUT2D eigenvalue weighted by molar-refractivity contribution is 0.323. The summed E-state index contributed by atoms with van der Waals surface area (Å²) in [5.74, 6) is 2.36. The summed E-state index contributed by atoms with van der Waals surface area (Å²) in [4.78, 5) is 4.76. The van der Waals surface area contributed by atoms with Crippen molar-refractivity contribution in [3.8, 4) is 0 Å². The van der Waals surface area contributed by atoms with Gasteiger partial charge < -0.3 is 9.30 Å². The number of nitrogens with zero attached hydrogens (tertiary/aromatic N) is 2. The number of rotatable bonds is 7. The van der Waals surface area contributed by atoms with Crippen LogP contribution >= 0.6 is 11.8 Å². The molecule has 0 saturated heterocycles. The van der Waals surface area contributed by atoms with E-state index in [1.54, 1.807) is 12.1 Å². The fourth-order valence-corrected chi connectivity index (χ4v) is 4.18. The molecular formula is C23H23FN2OS. The highest BCUT2D eigenvalue weighted by molar-refractivity contribution is 7.98. The molecule has 144 valence electrons. The molecule has 2 heterocycles. The Bertz CT molecular complexity index is 965. The summed E-state index contributed by atoms with van der Waals surface area (Å²) < 4.78 is 21.8. The Kier molecular flexibility index (Phi) is 5.81. The van der Waals surface area contributed by atoms with Crippen LogP contribution in [0.2, 0.25) is 0 Å². The first-order valence-corrected chi connectivity index (χ1v) is 10.6. The number of ether oxygens (including phenoxy) is 1. The number of thioether (sulfide) groups is 1. The van der Waals surface area contributed by atoms with Gasteiger partial charge in [-0.1, -0.05) is 48.0 Å². The van der Waals surface area contributed by atoms with Gasteiger partial charge in [-0.05, 0) is 30.7 Å². The largest absolute Gasteiger partial charge is 0.474 e. The van der Waals surface area contributed by atoms with Gasteiger partial charge in [0, 0.05) is 23.3 Å². The summed E-state index contributed by atoms with van der Waals surface area (Å²) in [5, 5.41) is 0. The summed E-state index contributed by atoms with van der Waals surface area (Å²) in [6, 6.07) is 19.6. The maximum absolute atomic E-state index is 14.0. The molecule has 3 nitrogen and oxygen atoms in total. The molecule has 2 aromatic carbocycles. The summed E-state index contributed by atoms with van der Waals surface area (Å²) in [6.07, 6.45) is 1.94. The number of halogens is 1. The van der Waals surface area contributed by atoms with Gasteiger partial charge in [0.1, 0.15) is 18.1 Å². The van der Waals surface area contributed by atoms with Crippen LogP contribution in [-0.4, -0.2) is 28.9 Å². The second kappa shape index (κ2) is 8.65. The Hall–Kier alpha value is -2.53. The molecule has 28 heavy (non-hydrogen) atoms. The lowest BCUT2D eigenvalue weighted by Crippen LogP contribution is -2.11. The van der Waals surface area contributed by atoms with Crippen LogP contribution in [0.15, 0.2) is 71.9 Å². The van der Waals surface area contributed by atoms with Gasteiger partial charge in [-0.3, -0.25) is 0 Å². The second-order valence-electron chi connectivity index (χ2n) is 7.01. The van der Waals surface area contributed by atoms with E-state index in [0.29, 0.717) is 24.6 Å². The van der Waals surface area contributed by atoms with Crippen LogP contribution in [0.4, 0.5) is 4.39 Å². The molecule has 0 fully saturated rings. The van der Waals surface area contributed by atoms with Gasteiger partial charge >= 0.3 is 0 Å². The topological polar surface area (TPSA) is 26.5 Å². The highest BCUT2D eigenvalue weighted by atomic mass is 32.2. The smallest absolute Gasteiger partial charge is 0.233 e. The molecule has 5 heteroatoms. The van der Waals surface area contributed by atoms with E-state index in [1.807, 2.05) is 40.7 Å². The van der Waals surface area contributed by atoms with Crippen LogP contribution in [0, 0.1) is 12.7 Å². The zero-order chi connectivity index (χ0) is 19.3. The predicted octanol–water partition coefficient (Wildman–Crippen LogP) is 5.06. The van der Waals surface area contributed by atoms with Gasteiger partial charge in [0.15, 0.2) is 0 Å². The van der Waals surface area contributed by atoms with Crippen molar-refractivity contribution < 1.29 is 9.13 Å². The Morgan fingerprint density at radius 1 is 1.11 bits per heavy atom. The van der Waals surface area contributed by atoms with Crippen LogP contribution in [0.5, 0.6) is 0 Å². The molecule has 1 aromatic heterocycles. The Morgan fingerprint density at radius 2 is 1.93 bits per heavy atom. The molecule has 0 aliphatic carbocycles. The van der Waals surface area contributed by atoms with Gasteiger partial charge in [-0.25, -0.2) is 9.38 Å². The SMILES string of the molecule is Cc1ccc(CSC[C@@H]2COC(c3cccn3Cc3ccccc3F)=N2)cc1. The lowest BCUT2D eigenvalue weighted by Gasteiger charge is -2.09. The molecule has 4 rings (SSSR count). The molecule has 1 aliphatic rings. The maximum atomic E-state index is 14.0. The third-order valence-corrected chi connectivity index (χ3v) is 5.92. The summed E-state index contributed by atoms with van der Waals surface area (Å²) in [7, 11) is 0. The number of aromatic nitrogens is 1. The van der Waals surface area contributed by atoms with E-state index in [1.165, 1.54) is 17.2 Å². The quantitative estimate of drug-likeness (QED) is 0.560. The van der Waals surface area contributed by atoms with Gasteiger partial charge in [0.05, 0.1) is 12.6 Å². The molecule has 0 amide bonds. The van der Waals surface area contributed by atoms with E-state index in [-0.39, 0.29) is 11.9 Å². The highest BCUT2D eigenvalue weighted by Crippen LogP contribution is 2.20. The zero-order valence-electron chi connectivity index (χ0n) is 15.8. The fraction of sp³-hybridized carbons (Fsp3) is 0.261. The van der Waals surface area contributed by atoms with E-state index in [4.69, 9.17) is 9.73 Å². The van der Waals surface area contributed by atoms with Crippen LogP contribution in [0.3, 0.4) is 0 Å². The standard InChI is InChI=1S/C23H23FN2OS/c1-17-8-10-18(11-9-17)15-28-16-20-14-27-23(25-20)22-7-4-12-26(22)13-19-5-2-3-6-21(19)24/h2-12,20H,13-16H2,1H3/t20-/m0/s1. The minimum atomic E-state index is -0.193. The first kappa shape index (κ1) is 18.8. The van der Waals surface area contributed by atoms with Crippen molar-refractivity contribution in [1.82, 2.24) is 4.57 Å². The van der Waals surface area contributed by atoms with E-state index in [0.717, 1.165) is 17.2 Å². The van der Waals surface area contributed by atoms with Crippen LogP contribution in [-0.2, 0) is 17.0 Å². The zero-order valence-corrected chi connectivity index (χ0v) is 16.7. The Morgan fingerprint density at radius 3 is 2.75 bits per heavy atom. The molecule has 3 aromatic rings. The van der Waals surface area contributed by atoms with Gasteiger partial charge in [-0.15, -0.1) is 0 Å². The minimum absolute atomic E-state index is 0.155. The molecule has 0 N–H and O–H groups in total. The number of aliphatic imine (C=N–C) groups is 1. The number of hydrogen-bond donors (Lipinski definition) is 0. The Balaban J connectivity index is 1.37. The molecule has 0 unspecified atom stereocenters. The summed E-state index contributed by atoms with van der Waals surface area (Å²) >= 11 is 1.87. The number of hydrogen-bond acceptors (Lipinski definition) is 3. The first-order chi connectivity index (χ1) is 13.7. The van der Waals surface area contributed by atoms with Crippen molar-refractivity contribution in [3.63, 3.8) is 0 Å². The highest BCUT2D eigenvalue weighted by Gasteiger charge is 2.22. The predicted molar refractivity (Wildman–Crippen MR) is 114 cm³/mol.